The van der Waals surface area contributed by atoms with Gasteiger partial charge < -0.3 is 14.0 Å². The minimum absolute atomic E-state index is 0.109. The third kappa shape index (κ3) is 2.85. The molecule has 2 aromatic heterocycles. The summed E-state index contributed by atoms with van der Waals surface area (Å²) in [4.78, 5) is 26.3. The molecule has 0 fully saturated rings. The maximum atomic E-state index is 13.4. The Labute approximate surface area is 185 Å². The highest BCUT2D eigenvalue weighted by atomic mass is 16.5. The number of ether oxygens (including phenoxy) is 2. The minimum Gasteiger partial charge on any atom is -0.496 e. The van der Waals surface area contributed by atoms with Crippen molar-refractivity contribution in [1.29, 1.82) is 0 Å². The van der Waals surface area contributed by atoms with Gasteiger partial charge in [-0.1, -0.05) is 48.5 Å². The molecule has 1 aliphatic rings. The van der Waals surface area contributed by atoms with Gasteiger partial charge in [-0.15, -0.1) is 0 Å². The summed E-state index contributed by atoms with van der Waals surface area (Å²) in [6, 6.07) is 17.5. The fraction of sp³-hybridized carbons (Fsp3) is 0.280. The van der Waals surface area contributed by atoms with Gasteiger partial charge in [-0.2, -0.15) is 0 Å². The quantitative estimate of drug-likeness (QED) is 0.500. The standard InChI is InChI=1S/C25H25N3O4/c1-15-14-28-20(16-10-6-5-7-11-16)19-21(26(2)25(30)27(3)24(19)29)22(28)23(32-15)17-12-8-9-13-18(17)31-4/h5-13,15,23H,14H2,1-4H3. The average Bonchev–Trinajstić information content (AvgIpc) is 3.16. The van der Waals surface area contributed by atoms with Crippen LogP contribution in [0.2, 0.25) is 0 Å². The van der Waals surface area contributed by atoms with E-state index in [2.05, 4.69) is 4.57 Å². The topological polar surface area (TPSA) is 67.4 Å². The molecule has 4 aromatic rings. The van der Waals surface area contributed by atoms with Crippen molar-refractivity contribution in [3.8, 4) is 17.0 Å². The second-order valence-electron chi connectivity index (χ2n) is 8.21. The Morgan fingerprint density at radius 2 is 1.66 bits per heavy atom. The van der Waals surface area contributed by atoms with Crippen LogP contribution in [0.3, 0.4) is 0 Å². The molecule has 7 heteroatoms. The molecule has 0 saturated carbocycles. The first-order valence-corrected chi connectivity index (χ1v) is 10.6. The van der Waals surface area contributed by atoms with E-state index in [1.54, 1.807) is 18.7 Å². The summed E-state index contributed by atoms with van der Waals surface area (Å²) in [6.07, 6.45) is -0.602. The average molecular weight is 431 g/mol. The third-order valence-corrected chi connectivity index (χ3v) is 6.23. The van der Waals surface area contributed by atoms with Gasteiger partial charge >= 0.3 is 5.69 Å². The van der Waals surface area contributed by atoms with Crippen molar-refractivity contribution in [1.82, 2.24) is 13.7 Å². The van der Waals surface area contributed by atoms with Gasteiger partial charge in [0.25, 0.3) is 5.56 Å². The van der Waals surface area contributed by atoms with Gasteiger partial charge in [0.1, 0.15) is 11.9 Å². The van der Waals surface area contributed by atoms with Crippen molar-refractivity contribution < 1.29 is 9.47 Å². The number of nitrogens with zero attached hydrogens (tertiary/aromatic N) is 3. The Kier molecular flexibility index (Phi) is 4.78. The van der Waals surface area contributed by atoms with Crippen LogP contribution in [0.1, 0.15) is 24.3 Å². The molecule has 1 aliphatic heterocycles. The first kappa shape index (κ1) is 20.3. The molecule has 0 aliphatic carbocycles. The Morgan fingerprint density at radius 1 is 0.969 bits per heavy atom. The van der Waals surface area contributed by atoms with Crippen molar-refractivity contribution in [2.24, 2.45) is 14.1 Å². The molecule has 2 unspecified atom stereocenters. The zero-order valence-corrected chi connectivity index (χ0v) is 18.5. The summed E-state index contributed by atoms with van der Waals surface area (Å²) < 4.78 is 16.9. The number of hydrogen-bond donors (Lipinski definition) is 0. The van der Waals surface area contributed by atoms with Gasteiger partial charge in [0.2, 0.25) is 0 Å². The molecule has 0 bridgehead atoms. The van der Waals surface area contributed by atoms with Crippen LogP contribution in [0.4, 0.5) is 0 Å². The number of aromatic nitrogens is 3. The maximum absolute atomic E-state index is 13.4. The number of benzene rings is 2. The molecule has 5 rings (SSSR count). The van der Waals surface area contributed by atoms with E-state index >= 15 is 0 Å². The van der Waals surface area contributed by atoms with Crippen molar-refractivity contribution >= 4 is 10.9 Å². The largest absolute Gasteiger partial charge is 0.496 e. The number of para-hydroxylation sites is 1. The number of aryl methyl sites for hydroxylation is 1. The van der Waals surface area contributed by atoms with E-state index in [1.165, 1.54) is 11.6 Å². The van der Waals surface area contributed by atoms with E-state index in [9.17, 15) is 9.59 Å². The van der Waals surface area contributed by atoms with Gasteiger partial charge in [-0.3, -0.25) is 13.9 Å². The second kappa shape index (κ2) is 7.53. The molecule has 2 atom stereocenters. The lowest BCUT2D eigenvalue weighted by atomic mass is 10.0. The lowest BCUT2D eigenvalue weighted by Crippen LogP contribution is -2.37. The van der Waals surface area contributed by atoms with Crippen molar-refractivity contribution in [2.75, 3.05) is 7.11 Å². The summed E-state index contributed by atoms with van der Waals surface area (Å²) in [5.74, 6) is 0.697. The Balaban J connectivity index is 1.97. The van der Waals surface area contributed by atoms with Crippen LogP contribution in [-0.4, -0.2) is 26.9 Å². The SMILES string of the molecule is COc1ccccc1C1OC(C)Cn2c(-c3ccccc3)c3c(=O)n(C)c(=O)n(C)c3c21. The molecular formula is C25H25N3O4. The lowest BCUT2D eigenvalue weighted by Gasteiger charge is -2.32. The van der Waals surface area contributed by atoms with Gasteiger partial charge in [-0.05, 0) is 18.6 Å². The predicted molar refractivity (Wildman–Crippen MR) is 123 cm³/mol. The second-order valence-corrected chi connectivity index (χ2v) is 8.21. The highest BCUT2D eigenvalue weighted by Gasteiger charge is 2.36. The summed E-state index contributed by atoms with van der Waals surface area (Å²) in [5.41, 5.74) is 3.30. The van der Waals surface area contributed by atoms with Gasteiger partial charge in [0.05, 0.1) is 35.5 Å². The Bertz CT molecular complexity index is 1450. The Morgan fingerprint density at radius 3 is 2.38 bits per heavy atom. The molecule has 2 aromatic carbocycles. The number of hydrogen-bond acceptors (Lipinski definition) is 4. The molecule has 0 saturated heterocycles. The van der Waals surface area contributed by atoms with Gasteiger partial charge in [-0.25, -0.2) is 4.79 Å². The normalized spacial score (nSPS) is 18.0. The van der Waals surface area contributed by atoms with Crippen LogP contribution in [0, 0.1) is 0 Å². The molecule has 164 valence electrons. The van der Waals surface area contributed by atoms with E-state index in [1.807, 2.05) is 61.5 Å². The highest BCUT2D eigenvalue weighted by molar-refractivity contribution is 5.96. The number of fused-ring (bicyclic) bond motifs is 3. The van der Waals surface area contributed by atoms with Crippen LogP contribution in [-0.2, 0) is 25.4 Å². The summed E-state index contributed by atoms with van der Waals surface area (Å²) in [6.45, 7) is 2.58. The van der Waals surface area contributed by atoms with Crippen LogP contribution >= 0.6 is 0 Å². The summed E-state index contributed by atoms with van der Waals surface area (Å²) >= 11 is 0. The van der Waals surface area contributed by atoms with Crippen LogP contribution in [0.5, 0.6) is 5.75 Å². The van der Waals surface area contributed by atoms with E-state index in [0.717, 1.165) is 22.5 Å². The monoisotopic (exact) mass is 431 g/mol. The maximum Gasteiger partial charge on any atom is 0.331 e. The van der Waals surface area contributed by atoms with E-state index in [0.29, 0.717) is 23.2 Å². The summed E-state index contributed by atoms with van der Waals surface area (Å²) in [7, 11) is 4.85. The predicted octanol–water partition coefficient (Wildman–Crippen LogP) is 3.22. The van der Waals surface area contributed by atoms with E-state index in [4.69, 9.17) is 9.47 Å². The fourth-order valence-corrected chi connectivity index (χ4v) is 4.79. The zero-order valence-electron chi connectivity index (χ0n) is 18.5. The van der Waals surface area contributed by atoms with Gasteiger partial charge in [0, 0.05) is 26.2 Å². The zero-order chi connectivity index (χ0) is 22.6. The minimum atomic E-state index is -0.493. The molecular weight excluding hydrogens is 406 g/mol. The highest BCUT2D eigenvalue weighted by Crippen LogP contribution is 2.43. The van der Waals surface area contributed by atoms with Crippen LogP contribution in [0.25, 0.3) is 22.2 Å². The molecule has 3 heterocycles. The van der Waals surface area contributed by atoms with Gasteiger partial charge in [0.15, 0.2) is 0 Å². The van der Waals surface area contributed by atoms with Crippen molar-refractivity contribution in [2.45, 2.75) is 25.7 Å². The van der Waals surface area contributed by atoms with Crippen LogP contribution in [0.15, 0.2) is 64.2 Å². The van der Waals surface area contributed by atoms with Crippen molar-refractivity contribution in [3.05, 3.63) is 86.7 Å². The number of rotatable bonds is 3. The molecule has 0 spiro atoms. The Hall–Kier alpha value is -3.58. The first-order chi connectivity index (χ1) is 15.4. The molecule has 32 heavy (non-hydrogen) atoms. The van der Waals surface area contributed by atoms with E-state index < -0.39 is 6.10 Å². The fourth-order valence-electron chi connectivity index (χ4n) is 4.79. The molecule has 0 N–H and O–H groups in total. The van der Waals surface area contributed by atoms with E-state index in [-0.39, 0.29) is 17.4 Å². The first-order valence-electron chi connectivity index (χ1n) is 10.6. The number of methoxy groups -OCH3 is 1. The molecule has 7 nitrogen and oxygen atoms in total. The van der Waals surface area contributed by atoms with Crippen LogP contribution < -0.4 is 16.0 Å². The lowest BCUT2D eigenvalue weighted by molar-refractivity contribution is -0.0151. The third-order valence-electron chi connectivity index (χ3n) is 6.23. The molecule has 0 amide bonds. The summed E-state index contributed by atoms with van der Waals surface area (Å²) in [5, 5.41) is 0.522. The van der Waals surface area contributed by atoms with Crippen molar-refractivity contribution in [3.63, 3.8) is 0 Å². The smallest absolute Gasteiger partial charge is 0.331 e. The molecule has 0 radical (unpaired) electrons.